The first-order chi connectivity index (χ1) is 8.86. The van der Waals surface area contributed by atoms with E-state index in [0.717, 1.165) is 39.1 Å². The van der Waals surface area contributed by atoms with Gasteiger partial charge in [0.1, 0.15) is 0 Å². The molecule has 3 aliphatic heterocycles. The van der Waals surface area contributed by atoms with E-state index in [-0.39, 0.29) is 6.04 Å². The summed E-state index contributed by atoms with van der Waals surface area (Å²) in [5.74, 6) is 2.90. The lowest BCUT2D eigenvalue weighted by atomic mass is 10.1. The molecule has 0 saturated carbocycles. The first-order valence-electron chi connectivity index (χ1n) is 7.19. The molecule has 0 aromatic rings. The van der Waals surface area contributed by atoms with Gasteiger partial charge in [-0.1, -0.05) is 0 Å². The summed E-state index contributed by atoms with van der Waals surface area (Å²) < 4.78 is 0. The lowest BCUT2D eigenvalue weighted by Gasteiger charge is -2.35. The highest BCUT2D eigenvalue weighted by molar-refractivity contribution is 7.99. The van der Waals surface area contributed by atoms with Crippen LogP contribution in [-0.4, -0.2) is 72.0 Å². The molecule has 3 saturated heterocycles. The summed E-state index contributed by atoms with van der Waals surface area (Å²) in [5, 5.41) is 3.32. The van der Waals surface area contributed by atoms with Crippen LogP contribution in [0, 0.1) is 0 Å². The number of nitrogens with zero attached hydrogens (tertiary/aromatic N) is 2. The number of piperazine rings is 1. The number of rotatable bonds is 2. The summed E-state index contributed by atoms with van der Waals surface area (Å²) in [6, 6.07) is 0.848. The summed E-state index contributed by atoms with van der Waals surface area (Å²) >= 11 is 2.04. The molecule has 2 unspecified atom stereocenters. The third kappa shape index (κ3) is 2.53. The maximum absolute atomic E-state index is 12.6. The molecule has 3 rings (SSSR count). The molecule has 18 heavy (non-hydrogen) atoms. The molecule has 5 heteroatoms. The summed E-state index contributed by atoms with van der Waals surface area (Å²) in [6.45, 7) is 4.83. The Balaban J connectivity index is 1.63. The van der Waals surface area contributed by atoms with E-state index >= 15 is 0 Å². The van der Waals surface area contributed by atoms with Gasteiger partial charge < -0.3 is 10.2 Å². The Bertz CT molecular complexity index is 301. The monoisotopic (exact) mass is 269 g/mol. The highest BCUT2D eigenvalue weighted by Gasteiger charge is 2.38. The van der Waals surface area contributed by atoms with E-state index in [1.807, 2.05) is 11.8 Å². The van der Waals surface area contributed by atoms with E-state index in [4.69, 9.17) is 0 Å². The number of amides is 1. The van der Waals surface area contributed by atoms with Gasteiger partial charge in [0, 0.05) is 38.0 Å². The summed E-state index contributed by atoms with van der Waals surface area (Å²) in [6.07, 6.45) is 3.55. The van der Waals surface area contributed by atoms with Crippen molar-refractivity contribution in [3.8, 4) is 0 Å². The molecule has 3 aliphatic rings. The molecular weight excluding hydrogens is 246 g/mol. The van der Waals surface area contributed by atoms with Gasteiger partial charge in [0.2, 0.25) is 5.91 Å². The number of carbonyl (C=O) groups excluding carboxylic acids is 1. The van der Waals surface area contributed by atoms with E-state index in [1.165, 1.54) is 24.3 Å². The quantitative estimate of drug-likeness (QED) is 0.786. The second kappa shape index (κ2) is 5.80. The first-order valence-corrected chi connectivity index (χ1v) is 8.35. The molecule has 2 atom stereocenters. The Labute approximate surface area is 113 Å². The number of carbonyl (C=O) groups is 1. The predicted molar refractivity (Wildman–Crippen MR) is 74.9 cm³/mol. The fourth-order valence-corrected chi connectivity index (χ4v) is 4.61. The van der Waals surface area contributed by atoms with E-state index in [2.05, 4.69) is 15.1 Å². The normalized spacial score (nSPS) is 34.1. The smallest absolute Gasteiger partial charge is 0.240 e. The van der Waals surface area contributed by atoms with E-state index < -0.39 is 0 Å². The molecule has 0 radical (unpaired) electrons. The standard InChI is InChI=1S/C13H23N3OS/c17-13(15-7-4-14-5-8-15)12-2-1-6-16(12)11-3-9-18-10-11/h11-12,14H,1-10H2. The number of nitrogens with one attached hydrogen (secondary N) is 1. The fourth-order valence-electron chi connectivity index (χ4n) is 3.37. The molecule has 3 fully saturated rings. The number of thioether (sulfide) groups is 1. The van der Waals surface area contributed by atoms with Gasteiger partial charge in [0.15, 0.2) is 0 Å². The second-order valence-electron chi connectivity index (χ2n) is 5.49. The van der Waals surface area contributed by atoms with Crippen molar-refractivity contribution in [2.24, 2.45) is 0 Å². The van der Waals surface area contributed by atoms with E-state index in [1.54, 1.807) is 0 Å². The van der Waals surface area contributed by atoms with Crippen molar-refractivity contribution in [1.82, 2.24) is 15.1 Å². The highest BCUT2D eigenvalue weighted by Crippen LogP contribution is 2.29. The third-order valence-electron chi connectivity index (χ3n) is 4.38. The van der Waals surface area contributed by atoms with Gasteiger partial charge >= 0.3 is 0 Å². The topological polar surface area (TPSA) is 35.6 Å². The number of likely N-dealkylation sites (tertiary alicyclic amines) is 1. The summed E-state index contributed by atoms with van der Waals surface area (Å²) in [7, 11) is 0. The Morgan fingerprint density at radius 3 is 2.72 bits per heavy atom. The van der Waals surface area contributed by atoms with Crippen molar-refractivity contribution in [1.29, 1.82) is 0 Å². The molecular formula is C13H23N3OS. The van der Waals surface area contributed by atoms with Gasteiger partial charge in [-0.3, -0.25) is 9.69 Å². The van der Waals surface area contributed by atoms with Crippen LogP contribution in [0.25, 0.3) is 0 Å². The summed E-state index contributed by atoms with van der Waals surface area (Å²) in [4.78, 5) is 17.2. The highest BCUT2D eigenvalue weighted by atomic mass is 32.2. The van der Waals surface area contributed by atoms with E-state index in [0.29, 0.717) is 11.9 Å². The molecule has 3 heterocycles. The maximum Gasteiger partial charge on any atom is 0.240 e. The Morgan fingerprint density at radius 2 is 2.00 bits per heavy atom. The first kappa shape index (κ1) is 12.8. The molecule has 102 valence electrons. The number of hydrogen-bond donors (Lipinski definition) is 1. The molecule has 0 bridgehead atoms. The molecule has 1 amide bonds. The Kier molecular flexibility index (Phi) is 4.11. The van der Waals surface area contributed by atoms with Crippen LogP contribution in [0.4, 0.5) is 0 Å². The van der Waals surface area contributed by atoms with Crippen LogP contribution in [0.2, 0.25) is 0 Å². The van der Waals surface area contributed by atoms with Crippen molar-refractivity contribution in [2.45, 2.75) is 31.3 Å². The van der Waals surface area contributed by atoms with Crippen molar-refractivity contribution < 1.29 is 4.79 Å². The van der Waals surface area contributed by atoms with Gasteiger partial charge in [0.05, 0.1) is 6.04 Å². The zero-order valence-electron chi connectivity index (χ0n) is 10.9. The van der Waals surface area contributed by atoms with Crippen molar-refractivity contribution >= 4 is 17.7 Å². The van der Waals surface area contributed by atoms with Crippen LogP contribution in [0.1, 0.15) is 19.3 Å². The predicted octanol–water partition coefficient (Wildman–Crippen LogP) is 0.388. The van der Waals surface area contributed by atoms with Gasteiger partial charge in [-0.2, -0.15) is 11.8 Å². The fraction of sp³-hybridized carbons (Fsp3) is 0.923. The largest absolute Gasteiger partial charge is 0.339 e. The molecule has 0 aliphatic carbocycles. The minimum atomic E-state index is 0.187. The van der Waals surface area contributed by atoms with Crippen LogP contribution in [0.15, 0.2) is 0 Å². The van der Waals surface area contributed by atoms with Crippen LogP contribution >= 0.6 is 11.8 Å². The van der Waals surface area contributed by atoms with E-state index in [9.17, 15) is 4.79 Å². The molecule has 0 spiro atoms. The lowest BCUT2D eigenvalue weighted by molar-refractivity contribution is -0.137. The summed E-state index contributed by atoms with van der Waals surface area (Å²) in [5.41, 5.74) is 0. The zero-order valence-corrected chi connectivity index (χ0v) is 11.8. The van der Waals surface area contributed by atoms with Crippen LogP contribution in [0.3, 0.4) is 0 Å². The molecule has 4 nitrogen and oxygen atoms in total. The average Bonchev–Trinajstić information content (AvgIpc) is 3.09. The van der Waals surface area contributed by atoms with Crippen molar-refractivity contribution in [3.63, 3.8) is 0 Å². The van der Waals surface area contributed by atoms with Crippen LogP contribution in [0.5, 0.6) is 0 Å². The van der Waals surface area contributed by atoms with Crippen LogP contribution < -0.4 is 5.32 Å². The van der Waals surface area contributed by atoms with Gasteiger partial charge in [-0.25, -0.2) is 0 Å². The third-order valence-corrected chi connectivity index (χ3v) is 5.53. The zero-order chi connectivity index (χ0) is 12.4. The van der Waals surface area contributed by atoms with Gasteiger partial charge in [-0.05, 0) is 31.6 Å². The Morgan fingerprint density at radius 1 is 1.17 bits per heavy atom. The van der Waals surface area contributed by atoms with Gasteiger partial charge in [0.25, 0.3) is 0 Å². The lowest BCUT2D eigenvalue weighted by Crippen LogP contribution is -2.54. The number of hydrogen-bond acceptors (Lipinski definition) is 4. The molecule has 0 aromatic carbocycles. The van der Waals surface area contributed by atoms with Crippen molar-refractivity contribution in [3.05, 3.63) is 0 Å². The van der Waals surface area contributed by atoms with Crippen LogP contribution in [-0.2, 0) is 4.79 Å². The molecule has 0 aromatic heterocycles. The van der Waals surface area contributed by atoms with Gasteiger partial charge in [-0.15, -0.1) is 0 Å². The minimum absolute atomic E-state index is 0.187. The second-order valence-corrected chi connectivity index (χ2v) is 6.64. The Hall–Kier alpha value is -0.260. The molecule has 1 N–H and O–H groups in total. The SMILES string of the molecule is O=C(C1CCCN1C1CCSC1)N1CCNCC1. The minimum Gasteiger partial charge on any atom is -0.339 e. The average molecular weight is 269 g/mol. The van der Waals surface area contributed by atoms with Crippen molar-refractivity contribution in [2.75, 3.05) is 44.2 Å². The maximum atomic E-state index is 12.6.